The number of rotatable bonds is 6. The van der Waals surface area contributed by atoms with Crippen molar-refractivity contribution in [2.75, 3.05) is 0 Å². The highest BCUT2D eigenvalue weighted by Crippen LogP contribution is 2.35. The van der Waals surface area contributed by atoms with Crippen LogP contribution in [0.5, 0.6) is 0 Å². The summed E-state index contributed by atoms with van der Waals surface area (Å²) in [6.07, 6.45) is 2.54. The minimum absolute atomic E-state index is 0.131. The molecule has 1 fully saturated rings. The summed E-state index contributed by atoms with van der Waals surface area (Å²) in [5.74, 6) is -0.160. The average Bonchev–Trinajstić information content (AvgIpc) is 2.82. The van der Waals surface area contributed by atoms with E-state index in [2.05, 4.69) is 19.2 Å². The molecule has 92 valence electrons. The molecule has 1 atom stereocenters. The second-order valence-electron chi connectivity index (χ2n) is 5.37. The van der Waals surface area contributed by atoms with Crippen LogP contribution in [-0.4, -0.2) is 22.5 Å². The number of nitrogens with one attached hydrogen (secondary N) is 1. The first-order valence-corrected chi connectivity index (χ1v) is 5.90. The molecule has 1 rings (SSSR count). The first-order chi connectivity index (χ1) is 7.35. The monoisotopic (exact) mass is 227 g/mol. The van der Waals surface area contributed by atoms with Crippen molar-refractivity contribution < 1.29 is 14.7 Å². The number of carbonyl (C=O) groups is 2. The maximum absolute atomic E-state index is 11.6. The molecule has 0 heterocycles. The SMILES string of the molecule is CC(C)CC(C)CC(=O)NC1(C(=O)O)CC1. The predicted molar refractivity (Wildman–Crippen MR) is 61.0 cm³/mol. The van der Waals surface area contributed by atoms with Gasteiger partial charge in [0.1, 0.15) is 5.54 Å². The Balaban J connectivity index is 2.34. The third kappa shape index (κ3) is 3.51. The molecule has 16 heavy (non-hydrogen) atoms. The van der Waals surface area contributed by atoms with Crippen molar-refractivity contribution in [1.29, 1.82) is 0 Å². The highest BCUT2D eigenvalue weighted by Gasteiger charge is 2.51. The average molecular weight is 227 g/mol. The summed E-state index contributed by atoms with van der Waals surface area (Å²) in [5, 5.41) is 11.5. The van der Waals surface area contributed by atoms with Gasteiger partial charge in [0.15, 0.2) is 0 Å². The smallest absolute Gasteiger partial charge is 0.329 e. The van der Waals surface area contributed by atoms with Crippen LogP contribution >= 0.6 is 0 Å². The highest BCUT2D eigenvalue weighted by atomic mass is 16.4. The standard InChI is InChI=1S/C12H21NO3/c1-8(2)6-9(3)7-10(14)13-12(4-5-12)11(15)16/h8-9H,4-7H2,1-3H3,(H,13,14)(H,15,16). The van der Waals surface area contributed by atoms with Gasteiger partial charge in [0.05, 0.1) is 0 Å². The van der Waals surface area contributed by atoms with Crippen LogP contribution in [0, 0.1) is 11.8 Å². The molecule has 1 unspecified atom stereocenters. The normalized spacial score (nSPS) is 19.2. The van der Waals surface area contributed by atoms with Gasteiger partial charge in [0.25, 0.3) is 0 Å². The molecule has 4 heteroatoms. The van der Waals surface area contributed by atoms with Crippen molar-refractivity contribution in [1.82, 2.24) is 5.32 Å². The van der Waals surface area contributed by atoms with E-state index in [0.29, 0.717) is 31.1 Å². The van der Waals surface area contributed by atoms with E-state index >= 15 is 0 Å². The molecule has 0 spiro atoms. The molecule has 0 bridgehead atoms. The molecular formula is C12H21NO3. The van der Waals surface area contributed by atoms with Crippen molar-refractivity contribution in [3.63, 3.8) is 0 Å². The fraction of sp³-hybridized carbons (Fsp3) is 0.833. The summed E-state index contributed by atoms with van der Waals surface area (Å²) in [6.45, 7) is 6.27. The zero-order valence-corrected chi connectivity index (χ0v) is 10.2. The number of carboxylic acids is 1. The first kappa shape index (κ1) is 13.0. The molecule has 1 amide bonds. The zero-order valence-electron chi connectivity index (χ0n) is 10.2. The second-order valence-corrected chi connectivity index (χ2v) is 5.37. The van der Waals surface area contributed by atoms with Gasteiger partial charge in [-0.25, -0.2) is 4.79 Å². The number of carbonyl (C=O) groups excluding carboxylic acids is 1. The van der Waals surface area contributed by atoms with Gasteiger partial charge in [0, 0.05) is 6.42 Å². The lowest BCUT2D eigenvalue weighted by atomic mass is 9.95. The molecule has 0 saturated heterocycles. The quantitative estimate of drug-likeness (QED) is 0.727. The van der Waals surface area contributed by atoms with E-state index in [9.17, 15) is 9.59 Å². The lowest BCUT2D eigenvalue weighted by Gasteiger charge is -2.16. The van der Waals surface area contributed by atoms with Gasteiger partial charge in [-0.15, -0.1) is 0 Å². The number of amides is 1. The summed E-state index contributed by atoms with van der Waals surface area (Å²) in [6, 6.07) is 0. The minimum atomic E-state index is -0.936. The van der Waals surface area contributed by atoms with Crippen LogP contribution in [0.4, 0.5) is 0 Å². The van der Waals surface area contributed by atoms with Crippen LogP contribution in [0.3, 0.4) is 0 Å². The molecule has 1 saturated carbocycles. The van der Waals surface area contributed by atoms with Gasteiger partial charge < -0.3 is 10.4 Å². The van der Waals surface area contributed by atoms with E-state index in [0.717, 1.165) is 6.42 Å². The van der Waals surface area contributed by atoms with Gasteiger partial charge >= 0.3 is 5.97 Å². The number of hydrogen-bond acceptors (Lipinski definition) is 2. The molecule has 0 aliphatic heterocycles. The van der Waals surface area contributed by atoms with Gasteiger partial charge in [-0.2, -0.15) is 0 Å². The topological polar surface area (TPSA) is 66.4 Å². The van der Waals surface area contributed by atoms with E-state index in [4.69, 9.17) is 5.11 Å². The van der Waals surface area contributed by atoms with Crippen LogP contribution in [0.25, 0.3) is 0 Å². The second kappa shape index (κ2) is 4.85. The molecule has 1 aliphatic rings. The molecule has 0 aromatic heterocycles. The fourth-order valence-corrected chi connectivity index (χ4v) is 2.04. The van der Waals surface area contributed by atoms with Crippen LogP contribution in [0.15, 0.2) is 0 Å². The van der Waals surface area contributed by atoms with E-state index in [-0.39, 0.29) is 5.91 Å². The molecular weight excluding hydrogens is 206 g/mol. The molecule has 0 aromatic rings. The molecule has 0 aromatic carbocycles. The maximum atomic E-state index is 11.6. The molecule has 0 radical (unpaired) electrons. The van der Waals surface area contributed by atoms with Crippen LogP contribution < -0.4 is 5.32 Å². The minimum Gasteiger partial charge on any atom is -0.480 e. The van der Waals surface area contributed by atoms with E-state index < -0.39 is 11.5 Å². The largest absolute Gasteiger partial charge is 0.480 e. The number of hydrogen-bond donors (Lipinski definition) is 2. The fourth-order valence-electron chi connectivity index (χ4n) is 2.04. The van der Waals surface area contributed by atoms with E-state index in [1.807, 2.05) is 6.92 Å². The number of carboxylic acid groups (broad SMARTS) is 1. The van der Waals surface area contributed by atoms with Crippen LogP contribution in [0.2, 0.25) is 0 Å². The summed E-state index contributed by atoms with van der Waals surface area (Å²) < 4.78 is 0. The Kier molecular flexibility index (Phi) is 3.94. The predicted octanol–water partition coefficient (Wildman–Crippen LogP) is 1.79. The van der Waals surface area contributed by atoms with Crippen molar-refractivity contribution in [2.45, 2.75) is 52.0 Å². The zero-order chi connectivity index (χ0) is 12.3. The van der Waals surface area contributed by atoms with Gasteiger partial charge in [-0.05, 0) is 31.1 Å². The van der Waals surface area contributed by atoms with Crippen LogP contribution in [0.1, 0.15) is 46.5 Å². The highest BCUT2D eigenvalue weighted by molar-refractivity contribution is 5.89. The van der Waals surface area contributed by atoms with Crippen molar-refractivity contribution in [2.24, 2.45) is 11.8 Å². The Morgan fingerprint density at radius 1 is 1.31 bits per heavy atom. The summed E-state index contributed by atoms with van der Waals surface area (Å²) in [7, 11) is 0. The van der Waals surface area contributed by atoms with E-state index in [1.165, 1.54) is 0 Å². The van der Waals surface area contributed by atoms with Gasteiger partial charge in [0.2, 0.25) is 5.91 Å². The number of aliphatic carboxylic acids is 1. The van der Waals surface area contributed by atoms with Gasteiger partial charge in [-0.3, -0.25) is 4.79 Å². The molecule has 2 N–H and O–H groups in total. The Morgan fingerprint density at radius 3 is 2.25 bits per heavy atom. The van der Waals surface area contributed by atoms with Crippen molar-refractivity contribution >= 4 is 11.9 Å². The third-order valence-corrected chi connectivity index (χ3v) is 2.95. The molecule has 1 aliphatic carbocycles. The first-order valence-electron chi connectivity index (χ1n) is 5.90. The Morgan fingerprint density at radius 2 is 1.88 bits per heavy atom. The van der Waals surface area contributed by atoms with Crippen molar-refractivity contribution in [3.05, 3.63) is 0 Å². The lowest BCUT2D eigenvalue weighted by molar-refractivity contribution is -0.143. The Labute approximate surface area is 96.4 Å². The molecule has 4 nitrogen and oxygen atoms in total. The maximum Gasteiger partial charge on any atom is 0.329 e. The summed E-state index contributed by atoms with van der Waals surface area (Å²) in [4.78, 5) is 22.5. The Hall–Kier alpha value is -1.06. The van der Waals surface area contributed by atoms with Crippen LogP contribution in [-0.2, 0) is 9.59 Å². The van der Waals surface area contributed by atoms with Crippen molar-refractivity contribution in [3.8, 4) is 0 Å². The lowest BCUT2D eigenvalue weighted by Crippen LogP contribution is -2.43. The third-order valence-electron chi connectivity index (χ3n) is 2.95. The summed E-state index contributed by atoms with van der Waals surface area (Å²) in [5.41, 5.74) is -0.936. The Bertz CT molecular complexity index is 282. The summed E-state index contributed by atoms with van der Waals surface area (Å²) >= 11 is 0. The van der Waals surface area contributed by atoms with E-state index in [1.54, 1.807) is 0 Å². The van der Waals surface area contributed by atoms with Gasteiger partial charge in [-0.1, -0.05) is 20.8 Å².